The maximum absolute atomic E-state index is 14.0. The molecule has 1 atom stereocenters. The molecule has 0 fully saturated rings. The van der Waals surface area contributed by atoms with Gasteiger partial charge in [0.15, 0.2) is 0 Å². The zero-order chi connectivity index (χ0) is 33.6. The second-order valence-corrected chi connectivity index (χ2v) is 10.5. The third-order valence-electron chi connectivity index (χ3n) is 6.50. The Balaban J connectivity index is 0.00000125. The fourth-order valence-corrected chi connectivity index (χ4v) is 5.20. The Bertz CT molecular complexity index is 1610. The van der Waals surface area contributed by atoms with Crippen molar-refractivity contribution in [2.45, 2.75) is 59.2 Å². The molecule has 12 nitrogen and oxygen atoms in total. The van der Waals surface area contributed by atoms with Crippen LogP contribution in [0.3, 0.4) is 0 Å². The van der Waals surface area contributed by atoms with Gasteiger partial charge in [0.2, 0.25) is 5.91 Å². The van der Waals surface area contributed by atoms with Gasteiger partial charge in [0.25, 0.3) is 5.56 Å². The number of hydrogen-bond acceptors (Lipinski definition) is 11. The van der Waals surface area contributed by atoms with Gasteiger partial charge >= 0.3 is 5.69 Å². The highest BCUT2D eigenvalue weighted by atomic mass is 127. The Hall–Kier alpha value is -3.27. The summed E-state index contributed by atoms with van der Waals surface area (Å²) in [5.74, 6) is -0.322. The van der Waals surface area contributed by atoms with Crippen molar-refractivity contribution in [2.24, 2.45) is 5.10 Å². The van der Waals surface area contributed by atoms with Crippen LogP contribution in [-0.4, -0.2) is 64.3 Å². The van der Waals surface area contributed by atoms with Gasteiger partial charge in [-0.05, 0) is 79.1 Å². The van der Waals surface area contributed by atoms with E-state index in [9.17, 15) is 18.8 Å². The number of aliphatic hydroxyl groups is 1. The number of nitriles is 1. The summed E-state index contributed by atoms with van der Waals surface area (Å²) in [6, 6.07) is 4.76. The zero-order valence-electron chi connectivity index (χ0n) is 25.3. The van der Waals surface area contributed by atoms with Crippen LogP contribution in [0.25, 0.3) is 10.2 Å². The molecule has 0 aliphatic rings. The molecule has 3 rings (SSSR count). The number of nitrogens with one attached hydrogen (secondary N) is 2. The fraction of sp³-hybridized carbons (Fsp3) is 0.429. The molecular formula is C28H37FIN7O5S2. The van der Waals surface area contributed by atoms with Crippen molar-refractivity contribution < 1.29 is 19.0 Å². The largest absolute Gasteiger partial charge is 0.496 e. The molecule has 1 aromatic carbocycles. The number of hydrogen-bond donors (Lipinski definition) is 4. The summed E-state index contributed by atoms with van der Waals surface area (Å²) in [5.41, 5.74) is 2.72. The Morgan fingerprint density at radius 2 is 2.02 bits per heavy atom. The molecule has 0 radical (unpaired) electrons. The number of fused-ring (bicyclic) bond motifs is 1. The van der Waals surface area contributed by atoms with Crippen LogP contribution < -0.4 is 21.4 Å². The molecule has 0 saturated heterocycles. The topological polar surface area (TPSA) is 166 Å². The second kappa shape index (κ2) is 19.2. The van der Waals surface area contributed by atoms with Crippen LogP contribution in [0.5, 0.6) is 5.75 Å². The molecule has 44 heavy (non-hydrogen) atoms. The molecule has 0 spiro atoms. The van der Waals surface area contributed by atoms with Gasteiger partial charge < -0.3 is 20.2 Å². The number of nitrogens with zero attached hydrogens (tertiary/aromatic N) is 5. The SMILES string of the molecule is COc1ccc(F)cc1CCn1c(=O)n([C@H](C)C(=O)N(C)C(C)C)c(=O)c2c(C)c(N/N=C\C=N)sc21.N#CCCO.SI. The summed E-state index contributed by atoms with van der Waals surface area (Å²) in [6.07, 6.45) is 2.74. The highest BCUT2D eigenvalue weighted by molar-refractivity contribution is 14.2. The molecule has 2 heterocycles. The van der Waals surface area contributed by atoms with E-state index in [4.69, 9.17) is 20.5 Å². The van der Waals surface area contributed by atoms with Crippen molar-refractivity contribution >= 4 is 75.9 Å². The van der Waals surface area contributed by atoms with Crippen LogP contribution in [0, 0.1) is 29.5 Å². The average Bonchev–Trinajstić information content (AvgIpc) is 3.33. The number of thiophene rings is 1. The molecule has 0 unspecified atom stereocenters. The summed E-state index contributed by atoms with van der Waals surface area (Å²) in [7, 11) is 6.61. The second-order valence-electron chi connectivity index (χ2n) is 9.46. The van der Waals surface area contributed by atoms with E-state index in [1.807, 2.05) is 35.1 Å². The Morgan fingerprint density at radius 3 is 2.55 bits per heavy atom. The maximum atomic E-state index is 14.0. The lowest BCUT2D eigenvalue weighted by Crippen LogP contribution is -2.47. The third-order valence-corrected chi connectivity index (χ3v) is 7.72. The number of hydrazone groups is 1. The first-order valence-corrected chi connectivity index (χ1v) is 17.3. The number of rotatable bonds is 11. The van der Waals surface area contributed by atoms with Crippen LogP contribution in [0.4, 0.5) is 9.39 Å². The average molecular weight is 762 g/mol. The van der Waals surface area contributed by atoms with E-state index < -0.39 is 23.1 Å². The van der Waals surface area contributed by atoms with Gasteiger partial charge in [-0.2, -0.15) is 10.4 Å². The van der Waals surface area contributed by atoms with E-state index in [0.717, 1.165) is 10.8 Å². The Kier molecular flexibility index (Phi) is 16.9. The van der Waals surface area contributed by atoms with Gasteiger partial charge in [-0.25, -0.2) is 13.8 Å². The quantitative estimate of drug-likeness (QED) is 0.0963. The van der Waals surface area contributed by atoms with Crippen LogP contribution in [-0.2, 0) is 17.8 Å². The van der Waals surface area contributed by atoms with E-state index in [-0.39, 0.29) is 43.3 Å². The predicted molar refractivity (Wildman–Crippen MR) is 186 cm³/mol. The number of amides is 1. The number of benzene rings is 1. The lowest BCUT2D eigenvalue weighted by Gasteiger charge is -2.26. The van der Waals surface area contributed by atoms with E-state index in [2.05, 4.69) is 20.3 Å². The first kappa shape index (κ1) is 38.8. The Morgan fingerprint density at radius 1 is 1.36 bits per heavy atom. The monoisotopic (exact) mass is 761 g/mol. The van der Waals surface area contributed by atoms with Crippen LogP contribution in [0.1, 0.15) is 44.4 Å². The van der Waals surface area contributed by atoms with Crippen molar-refractivity contribution in [3.05, 3.63) is 56.0 Å². The normalized spacial score (nSPS) is 11.2. The summed E-state index contributed by atoms with van der Waals surface area (Å²) in [5, 5.41) is 27.4. The minimum absolute atomic E-state index is 0.0174. The number of ether oxygens (including phenoxy) is 1. The summed E-state index contributed by atoms with van der Waals surface area (Å²) >= 11 is 3.01. The number of aryl methyl sites for hydroxylation is 3. The smallest absolute Gasteiger partial charge is 0.332 e. The lowest BCUT2D eigenvalue weighted by atomic mass is 10.1. The minimum Gasteiger partial charge on any atom is -0.496 e. The molecule has 16 heteroatoms. The van der Waals surface area contributed by atoms with Gasteiger partial charge in [0.1, 0.15) is 27.4 Å². The van der Waals surface area contributed by atoms with Gasteiger partial charge in [-0.1, -0.05) is 11.3 Å². The predicted octanol–water partition coefficient (Wildman–Crippen LogP) is 4.56. The van der Waals surface area contributed by atoms with E-state index in [1.165, 1.54) is 59.3 Å². The number of methoxy groups -OCH3 is 1. The number of likely N-dealkylation sites (N-methyl/N-ethyl adjacent to an activating group) is 1. The van der Waals surface area contributed by atoms with E-state index >= 15 is 0 Å². The molecule has 0 aliphatic heterocycles. The van der Waals surface area contributed by atoms with E-state index in [0.29, 0.717) is 26.7 Å². The molecule has 2 aromatic heterocycles. The third kappa shape index (κ3) is 9.61. The number of carbonyl (C=O) groups is 1. The number of anilines is 1. The summed E-state index contributed by atoms with van der Waals surface area (Å²) in [6.45, 7) is 7.04. The molecular weight excluding hydrogens is 724 g/mol. The first-order valence-electron chi connectivity index (χ1n) is 13.2. The molecule has 3 aromatic rings. The first-order chi connectivity index (χ1) is 20.9. The zero-order valence-corrected chi connectivity index (χ0v) is 29.2. The molecule has 1 amide bonds. The summed E-state index contributed by atoms with van der Waals surface area (Å²) in [4.78, 5) is 42.4. The molecule has 0 bridgehead atoms. The van der Waals surface area contributed by atoms with Crippen LogP contribution >= 0.6 is 42.3 Å². The van der Waals surface area contributed by atoms with E-state index in [1.54, 1.807) is 20.0 Å². The van der Waals surface area contributed by atoms with Gasteiger partial charge in [-0.3, -0.25) is 19.6 Å². The number of aliphatic hydroxyl groups excluding tert-OH is 1. The van der Waals surface area contributed by atoms with Gasteiger partial charge in [0.05, 0.1) is 37.8 Å². The highest BCUT2D eigenvalue weighted by Crippen LogP contribution is 2.33. The van der Waals surface area contributed by atoms with Crippen molar-refractivity contribution in [1.29, 1.82) is 10.7 Å². The molecule has 240 valence electrons. The van der Waals surface area contributed by atoms with Crippen molar-refractivity contribution in [3.63, 3.8) is 0 Å². The number of thiol groups is 1. The molecule has 3 N–H and O–H groups in total. The minimum atomic E-state index is -1.04. The van der Waals surface area contributed by atoms with Crippen LogP contribution in [0.2, 0.25) is 0 Å². The van der Waals surface area contributed by atoms with Crippen molar-refractivity contribution in [2.75, 3.05) is 26.2 Å². The standard InChI is InChI=1S/C25H31FN6O4S.C3H5NO.HIS/c1-14(2)30(5)22(33)16(4)32-23(34)20-15(3)21(29-28-11-10-27)37-24(20)31(25(32)35)12-9-17-13-18(26)7-8-19(17)36-6;4-2-1-3-5;1-2/h7-8,10-11,13-14,16,27,29H,9,12H2,1-6H3;5H,1,3H2;2H/b27-10?,28-11-;;/t16-;;/m1../s1. The molecule has 0 saturated carbocycles. The maximum Gasteiger partial charge on any atom is 0.332 e. The van der Waals surface area contributed by atoms with Crippen molar-refractivity contribution in [1.82, 2.24) is 14.0 Å². The summed E-state index contributed by atoms with van der Waals surface area (Å²) < 4.78 is 21.7. The number of halogens is 2. The highest BCUT2D eigenvalue weighted by Gasteiger charge is 2.28. The number of aromatic nitrogens is 2. The fourth-order valence-electron chi connectivity index (χ4n) is 4.03. The molecule has 0 aliphatic carbocycles. The van der Waals surface area contributed by atoms with Gasteiger partial charge in [0, 0.05) is 31.4 Å². The Labute approximate surface area is 276 Å². The van der Waals surface area contributed by atoms with Crippen molar-refractivity contribution in [3.8, 4) is 11.8 Å². The van der Waals surface area contributed by atoms with Crippen LogP contribution in [0.15, 0.2) is 32.9 Å². The number of carbonyl (C=O) groups excluding carboxylic acids is 1. The lowest BCUT2D eigenvalue weighted by molar-refractivity contribution is -0.134. The van der Waals surface area contributed by atoms with Gasteiger partial charge in [-0.15, -0.1) is 9.80 Å².